The number of nitrogens with zero attached hydrogens (tertiary/aromatic N) is 1. The highest BCUT2D eigenvalue weighted by molar-refractivity contribution is 7.89. The molecule has 8 heteroatoms. The number of hydrogen-bond acceptors (Lipinski definition) is 4. The summed E-state index contributed by atoms with van der Waals surface area (Å²) in [4.78, 5) is 27.0. The fraction of sp³-hybridized carbons (Fsp3) is 0.579. The largest absolute Gasteiger partial charge is 0.351 e. The third kappa shape index (κ3) is 4.32. The van der Waals surface area contributed by atoms with Gasteiger partial charge in [-0.15, -0.1) is 0 Å². The van der Waals surface area contributed by atoms with Crippen LogP contribution < -0.4 is 10.5 Å². The van der Waals surface area contributed by atoms with Crippen molar-refractivity contribution in [2.24, 2.45) is 5.14 Å². The maximum Gasteiger partial charge on any atom is 0.245 e. The van der Waals surface area contributed by atoms with Crippen molar-refractivity contribution in [1.82, 2.24) is 10.2 Å². The van der Waals surface area contributed by atoms with E-state index < -0.39 is 15.6 Å². The Morgan fingerprint density at radius 3 is 2.48 bits per heavy atom. The number of likely N-dealkylation sites (tertiary alicyclic amines) is 1. The fourth-order valence-corrected chi connectivity index (χ4v) is 4.52. The summed E-state index contributed by atoms with van der Waals surface area (Å²) in [6, 6.07) is 6.52. The maximum absolute atomic E-state index is 12.9. The molecule has 1 aromatic carbocycles. The first-order chi connectivity index (χ1) is 12.7. The van der Waals surface area contributed by atoms with Crippen molar-refractivity contribution in [3.8, 4) is 0 Å². The molecule has 1 atom stereocenters. The van der Waals surface area contributed by atoms with E-state index in [2.05, 4.69) is 5.32 Å². The molecule has 0 aromatic heterocycles. The van der Waals surface area contributed by atoms with Crippen molar-refractivity contribution in [2.75, 3.05) is 6.54 Å². The maximum atomic E-state index is 12.9. The number of nitrogens with two attached hydrogens (primary N) is 1. The molecular formula is C19H27N3O4S. The summed E-state index contributed by atoms with van der Waals surface area (Å²) in [7, 11) is -3.72. The molecule has 0 bridgehead atoms. The summed E-state index contributed by atoms with van der Waals surface area (Å²) in [5, 5.41) is 8.23. The van der Waals surface area contributed by atoms with Crippen LogP contribution in [0.1, 0.15) is 51.0 Å². The SMILES string of the molecule is CC1(C(=O)NC2CCCC2)CCC(=O)N1CCc1ccc(S(N)(=O)=O)cc1. The Hall–Kier alpha value is -1.93. The normalized spacial score (nSPS) is 23.8. The highest BCUT2D eigenvalue weighted by atomic mass is 32.2. The molecule has 3 rings (SSSR count). The first kappa shape index (κ1) is 19.8. The molecule has 3 N–H and O–H groups in total. The van der Waals surface area contributed by atoms with E-state index in [9.17, 15) is 18.0 Å². The molecule has 1 aromatic rings. The van der Waals surface area contributed by atoms with Crippen molar-refractivity contribution < 1.29 is 18.0 Å². The minimum Gasteiger partial charge on any atom is -0.351 e. The van der Waals surface area contributed by atoms with E-state index in [4.69, 9.17) is 5.14 Å². The van der Waals surface area contributed by atoms with Crippen LogP contribution in [0.3, 0.4) is 0 Å². The van der Waals surface area contributed by atoms with E-state index in [1.165, 1.54) is 12.1 Å². The Bertz CT molecular complexity index is 816. The van der Waals surface area contributed by atoms with E-state index in [1.54, 1.807) is 17.0 Å². The van der Waals surface area contributed by atoms with Crippen molar-refractivity contribution in [3.63, 3.8) is 0 Å². The lowest BCUT2D eigenvalue weighted by Crippen LogP contribution is -2.56. The van der Waals surface area contributed by atoms with Gasteiger partial charge in [0.25, 0.3) is 0 Å². The van der Waals surface area contributed by atoms with Crippen molar-refractivity contribution in [2.45, 2.75) is 68.3 Å². The van der Waals surface area contributed by atoms with Gasteiger partial charge in [0.2, 0.25) is 21.8 Å². The predicted molar refractivity (Wildman–Crippen MR) is 101 cm³/mol. The quantitative estimate of drug-likeness (QED) is 0.759. The molecule has 2 amide bonds. The lowest BCUT2D eigenvalue weighted by Gasteiger charge is -2.35. The van der Waals surface area contributed by atoms with Gasteiger partial charge in [-0.1, -0.05) is 25.0 Å². The topological polar surface area (TPSA) is 110 Å². The van der Waals surface area contributed by atoms with Gasteiger partial charge in [0.05, 0.1) is 4.90 Å². The van der Waals surface area contributed by atoms with Crippen molar-refractivity contribution in [1.29, 1.82) is 0 Å². The standard InChI is InChI=1S/C19H27N3O4S/c1-19(18(24)21-15-4-2-3-5-15)12-10-17(23)22(19)13-11-14-6-8-16(9-7-14)27(20,25)26/h6-9,15H,2-5,10-13H2,1H3,(H,21,24)(H2,20,25,26). The third-order valence-electron chi connectivity index (χ3n) is 5.78. The second-order valence-corrected chi connectivity index (χ2v) is 9.27. The molecule has 1 unspecified atom stereocenters. The number of sulfonamides is 1. The van der Waals surface area contributed by atoms with Gasteiger partial charge in [0.1, 0.15) is 5.54 Å². The van der Waals surface area contributed by atoms with Gasteiger partial charge in [-0.2, -0.15) is 0 Å². The third-order valence-corrected chi connectivity index (χ3v) is 6.71. The average molecular weight is 394 g/mol. The van der Waals surface area contributed by atoms with Gasteiger partial charge >= 0.3 is 0 Å². The smallest absolute Gasteiger partial charge is 0.245 e. The van der Waals surface area contributed by atoms with Crippen LogP contribution in [-0.4, -0.2) is 43.3 Å². The second kappa shape index (κ2) is 7.59. The molecule has 1 aliphatic carbocycles. The minimum atomic E-state index is -3.72. The monoisotopic (exact) mass is 393 g/mol. The number of carbonyl (C=O) groups excluding carboxylic acids is 2. The van der Waals surface area contributed by atoms with Crippen LogP contribution in [-0.2, 0) is 26.0 Å². The lowest BCUT2D eigenvalue weighted by atomic mass is 9.96. The molecule has 27 heavy (non-hydrogen) atoms. The number of benzene rings is 1. The predicted octanol–water partition coefficient (Wildman–Crippen LogP) is 1.32. The summed E-state index contributed by atoms with van der Waals surface area (Å²) in [5.74, 6) is -0.0787. The molecule has 0 spiro atoms. The number of carbonyl (C=O) groups is 2. The lowest BCUT2D eigenvalue weighted by molar-refractivity contribution is -0.140. The average Bonchev–Trinajstić information content (AvgIpc) is 3.22. The Morgan fingerprint density at radius 2 is 1.89 bits per heavy atom. The zero-order valence-corrected chi connectivity index (χ0v) is 16.4. The fourth-order valence-electron chi connectivity index (χ4n) is 4.00. The van der Waals surface area contributed by atoms with Crippen LogP contribution in [0.4, 0.5) is 0 Å². The van der Waals surface area contributed by atoms with Gasteiger partial charge in [-0.05, 0) is 50.3 Å². The summed E-state index contributed by atoms with van der Waals surface area (Å²) in [5.41, 5.74) is 0.0703. The summed E-state index contributed by atoms with van der Waals surface area (Å²) < 4.78 is 22.7. The molecular weight excluding hydrogens is 366 g/mol. The molecule has 148 valence electrons. The van der Waals surface area contributed by atoms with Gasteiger partial charge in [-0.3, -0.25) is 9.59 Å². The van der Waals surface area contributed by atoms with Gasteiger partial charge in [-0.25, -0.2) is 13.6 Å². The van der Waals surface area contributed by atoms with Crippen LogP contribution in [0, 0.1) is 0 Å². The van der Waals surface area contributed by atoms with Crippen LogP contribution >= 0.6 is 0 Å². The van der Waals surface area contributed by atoms with E-state index >= 15 is 0 Å². The molecule has 1 aliphatic heterocycles. The Labute approximate surface area is 160 Å². The molecule has 7 nitrogen and oxygen atoms in total. The van der Waals surface area contributed by atoms with E-state index in [0.717, 1.165) is 31.2 Å². The van der Waals surface area contributed by atoms with Crippen molar-refractivity contribution >= 4 is 21.8 Å². The van der Waals surface area contributed by atoms with Gasteiger partial charge < -0.3 is 10.2 Å². The molecule has 0 radical (unpaired) electrons. The molecule has 2 aliphatic rings. The molecule has 2 fully saturated rings. The molecule has 1 saturated carbocycles. The van der Waals surface area contributed by atoms with Crippen LogP contribution in [0.25, 0.3) is 0 Å². The Kier molecular flexibility index (Phi) is 5.58. The van der Waals surface area contributed by atoms with Crippen LogP contribution in [0.2, 0.25) is 0 Å². The van der Waals surface area contributed by atoms with Gasteiger partial charge in [0.15, 0.2) is 0 Å². The Morgan fingerprint density at radius 1 is 1.26 bits per heavy atom. The summed E-state index contributed by atoms with van der Waals surface area (Å²) in [6.07, 6.45) is 5.73. The molecule has 1 saturated heterocycles. The van der Waals surface area contributed by atoms with E-state index in [0.29, 0.717) is 25.8 Å². The van der Waals surface area contributed by atoms with E-state index in [-0.39, 0.29) is 22.8 Å². The second-order valence-electron chi connectivity index (χ2n) is 7.71. The van der Waals surface area contributed by atoms with Crippen LogP contribution in [0.15, 0.2) is 29.2 Å². The first-order valence-electron chi connectivity index (χ1n) is 9.43. The number of nitrogens with one attached hydrogen (secondary N) is 1. The number of rotatable bonds is 6. The highest BCUT2D eigenvalue weighted by Gasteiger charge is 2.47. The van der Waals surface area contributed by atoms with Gasteiger partial charge in [0, 0.05) is 19.0 Å². The number of hydrogen-bond donors (Lipinski definition) is 2. The number of primary sulfonamides is 1. The van der Waals surface area contributed by atoms with E-state index in [1.807, 2.05) is 6.92 Å². The zero-order chi connectivity index (χ0) is 19.7. The Balaban J connectivity index is 1.66. The minimum absolute atomic E-state index is 0.0137. The van der Waals surface area contributed by atoms with Crippen LogP contribution in [0.5, 0.6) is 0 Å². The summed E-state index contributed by atoms with van der Waals surface area (Å²) >= 11 is 0. The zero-order valence-electron chi connectivity index (χ0n) is 15.6. The highest BCUT2D eigenvalue weighted by Crippen LogP contribution is 2.31. The summed E-state index contributed by atoms with van der Waals surface area (Å²) in [6.45, 7) is 2.26. The van der Waals surface area contributed by atoms with Crippen molar-refractivity contribution in [3.05, 3.63) is 29.8 Å². The molecule has 1 heterocycles. The first-order valence-corrected chi connectivity index (χ1v) is 11.0. The number of amides is 2.